The number of aromatic nitrogens is 2. The first-order valence-corrected chi connectivity index (χ1v) is 6.71. The summed E-state index contributed by atoms with van der Waals surface area (Å²) in [6.07, 6.45) is 0.473. The fraction of sp³-hybridized carbons (Fsp3) is 0.357. The van der Waals surface area contributed by atoms with Crippen LogP contribution in [0, 0.1) is 10.1 Å². The van der Waals surface area contributed by atoms with Gasteiger partial charge < -0.3 is 10.4 Å². The third-order valence-electron chi connectivity index (χ3n) is 3.30. The molecular formula is C14H18N4O3. The molecule has 2 aromatic rings. The van der Waals surface area contributed by atoms with E-state index in [0.29, 0.717) is 17.9 Å². The minimum atomic E-state index is -0.437. The van der Waals surface area contributed by atoms with Gasteiger partial charge in [-0.05, 0) is 12.0 Å². The van der Waals surface area contributed by atoms with Gasteiger partial charge in [0, 0.05) is 7.05 Å². The lowest BCUT2D eigenvalue weighted by molar-refractivity contribution is -0.384. The molecule has 21 heavy (non-hydrogen) atoms. The maximum atomic E-state index is 11.3. The van der Waals surface area contributed by atoms with Gasteiger partial charge in [-0.3, -0.25) is 10.1 Å². The molecule has 0 aliphatic heterocycles. The Balaban J connectivity index is 2.38. The second kappa shape index (κ2) is 6.36. The van der Waals surface area contributed by atoms with Gasteiger partial charge in [0.25, 0.3) is 0 Å². The summed E-state index contributed by atoms with van der Waals surface area (Å²) >= 11 is 0. The molecule has 112 valence electrons. The number of hydrogen-bond donors (Lipinski definition) is 2. The first-order chi connectivity index (χ1) is 10.1. The molecule has 1 aromatic heterocycles. The minimum Gasteiger partial charge on any atom is -0.394 e. The molecule has 0 radical (unpaired) electrons. The zero-order chi connectivity index (χ0) is 15.4. The van der Waals surface area contributed by atoms with Gasteiger partial charge in [-0.2, -0.15) is 5.10 Å². The van der Waals surface area contributed by atoms with Crippen molar-refractivity contribution in [1.82, 2.24) is 9.78 Å². The second-order valence-electron chi connectivity index (χ2n) is 4.67. The number of benzene rings is 1. The highest BCUT2D eigenvalue weighted by atomic mass is 16.6. The summed E-state index contributed by atoms with van der Waals surface area (Å²) in [5.74, 6) is 0.305. The Hall–Kier alpha value is -2.41. The number of hydrogen-bond acceptors (Lipinski definition) is 5. The van der Waals surface area contributed by atoms with Gasteiger partial charge in [-0.15, -0.1) is 0 Å². The quantitative estimate of drug-likeness (QED) is 0.627. The first-order valence-electron chi connectivity index (χ1n) is 6.71. The zero-order valence-corrected chi connectivity index (χ0v) is 12.0. The molecule has 1 heterocycles. The molecule has 0 spiro atoms. The van der Waals surface area contributed by atoms with Gasteiger partial charge in [0.2, 0.25) is 5.82 Å². The third-order valence-corrected chi connectivity index (χ3v) is 3.30. The van der Waals surface area contributed by atoms with Gasteiger partial charge in [-0.25, -0.2) is 4.68 Å². The summed E-state index contributed by atoms with van der Waals surface area (Å²) in [5.41, 5.74) is 1.25. The molecule has 2 N–H and O–H groups in total. The second-order valence-corrected chi connectivity index (χ2v) is 4.67. The van der Waals surface area contributed by atoms with Crippen LogP contribution in [0.2, 0.25) is 0 Å². The van der Waals surface area contributed by atoms with Crippen LogP contribution in [0.15, 0.2) is 30.3 Å². The van der Waals surface area contributed by atoms with E-state index in [1.165, 1.54) is 4.68 Å². The Kier molecular flexibility index (Phi) is 4.54. The fourth-order valence-corrected chi connectivity index (χ4v) is 2.24. The molecule has 0 saturated carbocycles. The van der Waals surface area contributed by atoms with Crippen LogP contribution in [-0.4, -0.2) is 26.4 Å². The van der Waals surface area contributed by atoms with E-state index in [2.05, 4.69) is 10.4 Å². The lowest BCUT2D eigenvalue weighted by atomic mass is 10.1. The summed E-state index contributed by atoms with van der Waals surface area (Å²) in [6, 6.07) is 8.88. The highest BCUT2D eigenvalue weighted by Gasteiger charge is 2.27. The average molecular weight is 290 g/mol. The third kappa shape index (κ3) is 3.03. The summed E-state index contributed by atoms with van der Waals surface area (Å²) in [6.45, 7) is 1.65. The van der Waals surface area contributed by atoms with Crippen LogP contribution in [0.5, 0.6) is 0 Å². The van der Waals surface area contributed by atoms with Crippen molar-refractivity contribution in [2.24, 2.45) is 7.05 Å². The molecule has 0 saturated heterocycles. The van der Waals surface area contributed by atoms with Crippen LogP contribution < -0.4 is 5.32 Å². The molecular weight excluding hydrogens is 272 g/mol. The smallest absolute Gasteiger partial charge is 0.333 e. The fourth-order valence-electron chi connectivity index (χ4n) is 2.24. The zero-order valence-electron chi connectivity index (χ0n) is 12.0. The molecule has 0 amide bonds. The standard InChI is InChI=1S/C14H18N4O3/c1-3-11-13(18(20)21)14(17(2)16-11)15-12(9-19)10-7-5-4-6-8-10/h4-8,12,15,19H,3,9H2,1-2H3. The Morgan fingerprint density at radius 3 is 2.62 bits per heavy atom. The van der Waals surface area contributed by atoms with Crippen molar-refractivity contribution in [3.8, 4) is 0 Å². The van der Waals surface area contributed by atoms with Crippen molar-refractivity contribution in [3.63, 3.8) is 0 Å². The highest BCUT2D eigenvalue weighted by molar-refractivity contribution is 5.60. The van der Waals surface area contributed by atoms with Gasteiger partial charge in [0.05, 0.1) is 17.6 Å². The summed E-state index contributed by atoms with van der Waals surface area (Å²) < 4.78 is 1.45. The Morgan fingerprint density at radius 1 is 1.43 bits per heavy atom. The summed E-state index contributed by atoms with van der Waals surface area (Å²) in [7, 11) is 1.65. The van der Waals surface area contributed by atoms with Crippen molar-refractivity contribution in [2.45, 2.75) is 19.4 Å². The molecule has 7 heteroatoms. The largest absolute Gasteiger partial charge is 0.394 e. The van der Waals surface area contributed by atoms with Crippen LogP contribution in [0.3, 0.4) is 0 Å². The number of nitrogens with one attached hydrogen (secondary N) is 1. The topological polar surface area (TPSA) is 93.2 Å². The predicted octanol–water partition coefficient (Wildman–Crippen LogP) is 2.04. The monoisotopic (exact) mass is 290 g/mol. The minimum absolute atomic E-state index is 0.0330. The average Bonchev–Trinajstić information content (AvgIpc) is 2.81. The van der Waals surface area contributed by atoms with Gasteiger partial charge in [-0.1, -0.05) is 37.3 Å². The van der Waals surface area contributed by atoms with E-state index < -0.39 is 11.0 Å². The molecule has 2 rings (SSSR count). The number of aryl methyl sites for hydroxylation is 2. The van der Waals surface area contributed by atoms with Crippen molar-refractivity contribution in [3.05, 3.63) is 51.7 Å². The van der Waals surface area contributed by atoms with Crippen LogP contribution in [0.25, 0.3) is 0 Å². The van der Waals surface area contributed by atoms with Gasteiger partial charge in [0.15, 0.2) is 0 Å². The van der Waals surface area contributed by atoms with Crippen LogP contribution in [0.1, 0.15) is 24.2 Å². The SMILES string of the molecule is CCc1nn(C)c(NC(CO)c2ccccc2)c1[N+](=O)[O-]. The van der Waals surface area contributed by atoms with E-state index in [1.807, 2.05) is 37.3 Å². The van der Waals surface area contributed by atoms with Crippen molar-refractivity contribution in [2.75, 3.05) is 11.9 Å². The highest BCUT2D eigenvalue weighted by Crippen LogP contribution is 2.31. The van der Waals surface area contributed by atoms with Crippen molar-refractivity contribution >= 4 is 11.5 Å². The summed E-state index contributed by atoms with van der Waals surface area (Å²) in [5, 5.41) is 28.0. The molecule has 0 bridgehead atoms. The molecule has 1 unspecified atom stereocenters. The predicted molar refractivity (Wildman–Crippen MR) is 79.1 cm³/mol. The molecule has 0 fully saturated rings. The lowest BCUT2D eigenvalue weighted by Gasteiger charge is -2.17. The first kappa shape index (κ1) is 15.0. The van der Waals surface area contributed by atoms with Crippen LogP contribution in [0.4, 0.5) is 11.5 Å². The van der Waals surface area contributed by atoms with Crippen molar-refractivity contribution < 1.29 is 10.0 Å². The summed E-state index contributed by atoms with van der Waals surface area (Å²) in [4.78, 5) is 10.8. The van der Waals surface area contributed by atoms with Gasteiger partial charge >= 0.3 is 5.69 Å². The lowest BCUT2D eigenvalue weighted by Crippen LogP contribution is -2.17. The number of aliphatic hydroxyl groups excluding tert-OH is 1. The molecule has 1 aromatic carbocycles. The van der Waals surface area contributed by atoms with E-state index in [1.54, 1.807) is 7.05 Å². The maximum absolute atomic E-state index is 11.3. The normalized spacial score (nSPS) is 12.1. The number of nitro groups is 1. The van der Waals surface area contributed by atoms with Crippen molar-refractivity contribution in [1.29, 1.82) is 0 Å². The Morgan fingerprint density at radius 2 is 2.10 bits per heavy atom. The number of nitrogens with zero attached hydrogens (tertiary/aromatic N) is 3. The number of aliphatic hydroxyl groups is 1. The molecule has 0 aliphatic rings. The Bertz CT molecular complexity index is 625. The van der Waals surface area contributed by atoms with E-state index in [4.69, 9.17) is 0 Å². The van der Waals surface area contributed by atoms with E-state index in [-0.39, 0.29) is 12.3 Å². The Labute approximate surface area is 122 Å². The molecule has 0 aliphatic carbocycles. The molecule has 7 nitrogen and oxygen atoms in total. The van der Waals surface area contributed by atoms with Crippen LogP contribution in [-0.2, 0) is 13.5 Å². The van der Waals surface area contributed by atoms with Gasteiger partial charge in [0.1, 0.15) is 5.69 Å². The van der Waals surface area contributed by atoms with Crippen LogP contribution >= 0.6 is 0 Å². The van der Waals surface area contributed by atoms with E-state index >= 15 is 0 Å². The van der Waals surface area contributed by atoms with E-state index in [0.717, 1.165) is 5.56 Å². The number of anilines is 1. The molecule has 1 atom stereocenters. The maximum Gasteiger partial charge on any atom is 0.333 e. The van der Waals surface area contributed by atoms with E-state index in [9.17, 15) is 15.2 Å². The number of rotatable bonds is 6.